The van der Waals surface area contributed by atoms with Gasteiger partial charge in [0.1, 0.15) is 0 Å². The fourth-order valence-electron chi connectivity index (χ4n) is 2.22. The fraction of sp³-hybridized carbons (Fsp3) is 1.00. The van der Waals surface area contributed by atoms with Crippen LogP contribution < -0.4 is 0 Å². The standard InChI is InChI=1S/C12H30N6/c1-13(2)10-16-8-7-9-17(11-14(3)4)18(16)12-15(5)6/h7-12H2,1-6H3. The molecule has 6 nitrogen and oxygen atoms in total. The molecule has 1 aliphatic rings. The molecule has 1 fully saturated rings. The SMILES string of the molecule is CN(C)CN1CCCN(CN(C)C)N1CN(C)C. The second kappa shape index (κ2) is 7.37. The smallest absolute Gasteiger partial charge is 0.0806 e. The van der Waals surface area contributed by atoms with Crippen molar-refractivity contribution in [3.05, 3.63) is 0 Å². The van der Waals surface area contributed by atoms with E-state index in [4.69, 9.17) is 0 Å². The molecule has 0 bridgehead atoms. The predicted molar refractivity (Wildman–Crippen MR) is 75.5 cm³/mol. The topological polar surface area (TPSA) is 19.4 Å². The molecule has 0 aromatic carbocycles. The monoisotopic (exact) mass is 258 g/mol. The first-order valence-corrected chi connectivity index (χ1v) is 6.61. The number of hydrogen-bond acceptors (Lipinski definition) is 6. The van der Waals surface area contributed by atoms with Gasteiger partial charge in [-0.25, -0.2) is 10.0 Å². The number of hydrogen-bond donors (Lipinski definition) is 0. The average molecular weight is 258 g/mol. The minimum atomic E-state index is 0.932. The Morgan fingerprint density at radius 1 is 0.667 bits per heavy atom. The summed E-state index contributed by atoms with van der Waals surface area (Å²) in [7, 11) is 12.7. The molecule has 0 amide bonds. The third kappa shape index (κ3) is 5.17. The zero-order valence-corrected chi connectivity index (χ0v) is 12.9. The van der Waals surface area contributed by atoms with E-state index in [0.29, 0.717) is 0 Å². The molecule has 0 unspecified atom stereocenters. The molecular weight excluding hydrogens is 228 g/mol. The maximum atomic E-state index is 2.42. The van der Waals surface area contributed by atoms with E-state index < -0.39 is 0 Å². The van der Waals surface area contributed by atoms with Gasteiger partial charge in [-0.1, -0.05) is 0 Å². The van der Waals surface area contributed by atoms with E-state index in [1.165, 1.54) is 6.42 Å². The van der Waals surface area contributed by atoms with E-state index >= 15 is 0 Å². The van der Waals surface area contributed by atoms with Crippen molar-refractivity contribution < 1.29 is 0 Å². The first-order chi connectivity index (χ1) is 8.40. The van der Waals surface area contributed by atoms with Crippen LogP contribution >= 0.6 is 0 Å². The lowest BCUT2D eigenvalue weighted by Gasteiger charge is -2.48. The lowest BCUT2D eigenvalue weighted by molar-refractivity contribution is -0.246. The van der Waals surface area contributed by atoms with E-state index in [1.54, 1.807) is 0 Å². The van der Waals surface area contributed by atoms with Gasteiger partial charge in [-0.2, -0.15) is 5.12 Å². The van der Waals surface area contributed by atoms with Crippen LogP contribution in [0, 0.1) is 0 Å². The molecule has 0 aromatic heterocycles. The van der Waals surface area contributed by atoms with Gasteiger partial charge in [0.15, 0.2) is 0 Å². The second-order valence-corrected chi connectivity index (χ2v) is 5.85. The molecule has 0 N–H and O–H groups in total. The van der Waals surface area contributed by atoms with Crippen LogP contribution in [-0.4, -0.2) is 105 Å². The summed E-state index contributed by atoms with van der Waals surface area (Å²) >= 11 is 0. The summed E-state index contributed by atoms with van der Waals surface area (Å²) in [4.78, 5) is 6.67. The van der Waals surface area contributed by atoms with Gasteiger partial charge in [0.25, 0.3) is 0 Å². The minimum absolute atomic E-state index is 0.932. The number of nitrogens with zero attached hydrogens (tertiary/aromatic N) is 6. The van der Waals surface area contributed by atoms with Crippen molar-refractivity contribution in [3.63, 3.8) is 0 Å². The van der Waals surface area contributed by atoms with Crippen LogP contribution in [0.3, 0.4) is 0 Å². The van der Waals surface area contributed by atoms with E-state index in [1.807, 2.05) is 0 Å². The Morgan fingerprint density at radius 2 is 1.06 bits per heavy atom. The van der Waals surface area contributed by atoms with Gasteiger partial charge < -0.3 is 0 Å². The maximum absolute atomic E-state index is 2.42. The summed E-state index contributed by atoms with van der Waals surface area (Å²) in [5, 5.41) is 7.23. The molecule has 0 spiro atoms. The Kier molecular flexibility index (Phi) is 6.48. The van der Waals surface area contributed by atoms with Gasteiger partial charge in [0.2, 0.25) is 0 Å². The van der Waals surface area contributed by atoms with Gasteiger partial charge in [0.05, 0.1) is 20.0 Å². The summed E-state index contributed by atoms with van der Waals surface area (Å²) in [6, 6.07) is 0. The van der Waals surface area contributed by atoms with E-state index in [-0.39, 0.29) is 0 Å². The molecule has 108 valence electrons. The summed E-state index contributed by atoms with van der Waals surface area (Å²) < 4.78 is 0. The Labute approximate surface area is 112 Å². The summed E-state index contributed by atoms with van der Waals surface area (Å²) in [5.74, 6) is 0. The van der Waals surface area contributed by atoms with E-state index in [0.717, 1.165) is 33.1 Å². The molecule has 0 saturated carbocycles. The zero-order chi connectivity index (χ0) is 13.7. The van der Waals surface area contributed by atoms with Crippen molar-refractivity contribution in [2.75, 3.05) is 75.4 Å². The Bertz CT molecular complexity index is 213. The third-order valence-electron chi connectivity index (χ3n) is 2.79. The van der Waals surface area contributed by atoms with Crippen molar-refractivity contribution in [1.29, 1.82) is 0 Å². The van der Waals surface area contributed by atoms with Crippen molar-refractivity contribution in [2.45, 2.75) is 6.42 Å². The van der Waals surface area contributed by atoms with Gasteiger partial charge in [-0.3, -0.25) is 14.7 Å². The maximum Gasteiger partial charge on any atom is 0.0806 e. The van der Waals surface area contributed by atoms with Crippen molar-refractivity contribution >= 4 is 0 Å². The molecule has 1 heterocycles. The van der Waals surface area contributed by atoms with Crippen LogP contribution in [0.15, 0.2) is 0 Å². The third-order valence-corrected chi connectivity index (χ3v) is 2.79. The molecule has 1 aliphatic heterocycles. The molecule has 6 heteroatoms. The van der Waals surface area contributed by atoms with Crippen LogP contribution in [-0.2, 0) is 0 Å². The van der Waals surface area contributed by atoms with E-state index in [2.05, 4.69) is 72.1 Å². The molecular formula is C12H30N6. The molecule has 0 aliphatic carbocycles. The fourth-order valence-corrected chi connectivity index (χ4v) is 2.22. The van der Waals surface area contributed by atoms with Gasteiger partial charge in [-0.15, -0.1) is 0 Å². The first kappa shape index (κ1) is 15.8. The quantitative estimate of drug-likeness (QED) is 0.646. The van der Waals surface area contributed by atoms with Crippen LogP contribution in [0.25, 0.3) is 0 Å². The molecule has 18 heavy (non-hydrogen) atoms. The highest BCUT2D eigenvalue weighted by atomic mass is 15.9. The zero-order valence-electron chi connectivity index (χ0n) is 12.9. The predicted octanol–water partition coefficient (Wildman–Crippen LogP) is -0.317. The molecule has 1 rings (SSSR count). The number of rotatable bonds is 6. The van der Waals surface area contributed by atoms with Crippen molar-refractivity contribution in [3.8, 4) is 0 Å². The summed E-state index contributed by atoms with van der Waals surface area (Å²) in [5.41, 5.74) is 0. The lowest BCUT2D eigenvalue weighted by atomic mass is 10.3. The Balaban J connectivity index is 2.69. The van der Waals surface area contributed by atoms with Gasteiger partial charge >= 0.3 is 0 Å². The molecule has 0 radical (unpaired) electrons. The van der Waals surface area contributed by atoms with Crippen LogP contribution in [0.1, 0.15) is 6.42 Å². The van der Waals surface area contributed by atoms with Crippen LogP contribution in [0.4, 0.5) is 0 Å². The average Bonchev–Trinajstić information content (AvgIpc) is 2.20. The summed E-state index contributed by atoms with van der Waals surface area (Å²) in [6.07, 6.45) is 1.23. The van der Waals surface area contributed by atoms with Crippen molar-refractivity contribution in [1.82, 2.24) is 29.8 Å². The summed E-state index contributed by atoms with van der Waals surface area (Å²) in [6.45, 7) is 5.14. The normalized spacial score (nSPS) is 20.5. The van der Waals surface area contributed by atoms with E-state index in [9.17, 15) is 0 Å². The molecule has 1 saturated heterocycles. The minimum Gasteiger partial charge on any atom is -0.296 e. The second-order valence-electron chi connectivity index (χ2n) is 5.85. The van der Waals surface area contributed by atoms with Gasteiger partial charge in [0, 0.05) is 13.1 Å². The highest BCUT2D eigenvalue weighted by molar-refractivity contribution is 4.65. The lowest BCUT2D eigenvalue weighted by Crippen LogP contribution is -2.63. The first-order valence-electron chi connectivity index (χ1n) is 6.61. The van der Waals surface area contributed by atoms with Crippen LogP contribution in [0.5, 0.6) is 0 Å². The Morgan fingerprint density at radius 3 is 1.39 bits per heavy atom. The Hall–Kier alpha value is -0.240. The molecule has 0 atom stereocenters. The number of hydrazine groups is 2. The van der Waals surface area contributed by atoms with Gasteiger partial charge in [-0.05, 0) is 48.7 Å². The van der Waals surface area contributed by atoms with Crippen molar-refractivity contribution in [2.24, 2.45) is 0 Å². The molecule has 0 aromatic rings. The highest BCUT2D eigenvalue weighted by Gasteiger charge is 2.27. The highest BCUT2D eigenvalue weighted by Crippen LogP contribution is 2.13. The largest absolute Gasteiger partial charge is 0.296 e. The van der Waals surface area contributed by atoms with Crippen LogP contribution in [0.2, 0.25) is 0 Å².